The number of halogens is 2. The van der Waals surface area contributed by atoms with Gasteiger partial charge in [-0.2, -0.15) is 0 Å². The summed E-state index contributed by atoms with van der Waals surface area (Å²) in [6.45, 7) is 1.89. The third-order valence-corrected chi connectivity index (χ3v) is 5.17. The molecule has 0 spiro atoms. The van der Waals surface area contributed by atoms with E-state index in [9.17, 15) is 19.7 Å². The first-order valence-corrected chi connectivity index (χ1v) is 10.2. The van der Waals surface area contributed by atoms with Crippen LogP contribution >= 0.6 is 23.2 Å². The van der Waals surface area contributed by atoms with Crippen molar-refractivity contribution < 1.29 is 24.0 Å². The van der Waals surface area contributed by atoms with Crippen LogP contribution in [0.1, 0.15) is 26.5 Å². The molecule has 0 saturated carbocycles. The number of carbonyl (C=O) groups excluding carboxylic acids is 2. The highest BCUT2D eigenvalue weighted by molar-refractivity contribution is 6.37. The summed E-state index contributed by atoms with van der Waals surface area (Å²) in [6.07, 6.45) is 1.18. The smallest absolute Gasteiger partial charge is 0.342 e. The van der Waals surface area contributed by atoms with Gasteiger partial charge in [-0.25, -0.2) is 14.3 Å². The van der Waals surface area contributed by atoms with Crippen LogP contribution in [0, 0.1) is 17.0 Å². The van der Waals surface area contributed by atoms with E-state index in [1.807, 2.05) is 0 Å². The van der Waals surface area contributed by atoms with Crippen molar-refractivity contribution in [2.24, 2.45) is 0 Å². The number of carbonyl (C=O) groups is 2. The van der Waals surface area contributed by atoms with E-state index in [1.54, 1.807) is 13.0 Å². The lowest BCUT2D eigenvalue weighted by Crippen LogP contribution is -2.16. The molecule has 0 aliphatic rings. The number of nitrogens with zero attached hydrogens (tertiary/aromatic N) is 3. The standard InChI is InChI=1S/C21H18Cl2N4O6/c1-12-24-11-19(27(30)31)26(12)7-8-33-14-4-6-18(16(10-14)21(29)32-2)25-20(28)15-5-3-13(22)9-17(15)23/h3-6,9-11H,7-8H2,1-2H3,(H,25,28). The molecule has 10 nitrogen and oxygen atoms in total. The molecule has 0 unspecified atom stereocenters. The van der Waals surface area contributed by atoms with E-state index in [-0.39, 0.29) is 40.8 Å². The van der Waals surface area contributed by atoms with Crippen LogP contribution in [-0.4, -0.2) is 40.1 Å². The number of anilines is 1. The van der Waals surface area contributed by atoms with Crippen LogP contribution in [-0.2, 0) is 11.3 Å². The van der Waals surface area contributed by atoms with Gasteiger partial charge < -0.3 is 24.9 Å². The van der Waals surface area contributed by atoms with Gasteiger partial charge in [0.2, 0.25) is 0 Å². The lowest BCUT2D eigenvalue weighted by Gasteiger charge is -2.13. The zero-order valence-corrected chi connectivity index (χ0v) is 19.0. The minimum Gasteiger partial charge on any atom is -0.489 e. The van der Waals surface area contributed by atoms with E-state index in [2.05, 4.69) is 10.3 Å². The molecule has 0 aliphatic heterocycles. The second-order valence-corrected chi connectivity index (χ2v) is 7.54. The van der Waals surface area contributed by atoms with E-state index < -0.39 is 16.8 Å². The van der Waals surface area contributed by atoms with Gasteiger partial charge in [0.05, 0.1) is 28.9 Å². The number of rotatable bonds is 8. The zero-order chi connectivity index (χ0) is 24.1. The van der Waals surface area contributed by atoms with Crippen molar-refractivity contribution in [2.45, 2.75) is 13.5 Å². The number of hydrogen-bond acceptors (Lipinski definition) is 7. The van der Waals surface area contributed by atoms with Crippen molar-refractivity contribution in [1.29, 1.82) is 0 Å². The normalized spacial score (nSPS) is 10.5. The fraction of sp³-hybridized carbons (Fsp3) is 0.190. The minimum atomic E-state index is -0.695. The van der Waals surface area contributed by atoms with Gasteiger partial charge in [0.1, 0.15) is 25.1 Å². The molecule has 12 heteroatoms. The molecule has 1 N–H and O–H groups in total. The van der Waals surface area contributed by atoms with Gasteiger partial charge in [-0.1, -0.05) is 23.2 Å². The van der Waals surface area contributed by atoms with E-state index >= 15 is 0 Å². The average Bonchev–Trinajstić information content (AvgIpc) is 3.14. The first-order valence-electron chi connectivity index (χ1n) is 9.49. The molecule has 1 aromatic heterocycles. The molecule has 1 heterocycles. The first kappa shape index (κ1) is 24.0. The Morgan fingerprint density at radius 2 is 1.94 bits per heavy atom. The molecule has 1 amide bonds. The predicted octanol–water partition coefficient (Wildman–Crippen LogP) is 4.52. The molecular formula is C21H18Cl2N4O6. The van der Waals surface area contributed by atoms with Gasteiger partial charge >= 0.3 is 11.8 Å². The van der Waals surface area contributed by atoms with Crippen LogP contribution in [0.15, 0.2) is 42.6 Å². The summed E-state index contributed by atoms with van der Waals surface area (Å²) in [5.41, 5.74) is 0.416. The van der Waals surface area contributed by atoms with Gasteiger partial charge in [0, 0.05) is 11.9 Å². The van der Waals surface area contributed by atoms with Gasteiger partial charge in [0.15, 0.2) is 5.82 Å². The number of nitro groups is 1. The molecule has 3 rings (SSSR count). The molecule has 0 fully saturated rings. The quantitative estimate of drug-likeness (QED) is 0.278. The Bertz CT molecular complexity index is 1230. The molecule has 3 aromatic rings. The van der Waals surface area contributed by atoms with Crippen LogP contribution in [0.25, 0.3) is 0 Å². The molecule has 0 bridgehead atoms. The Morgan fingerprint density at radius 3 is 2.61 bits per heavy atom. The number of esters is 1. The SMILES string of the molecule is COC(=O)c1cc(OCCn2c([N+](=O)[O-])cnc2C)ccc1NC(=O)c1ccc(Cl)cc1Cl. The maximum Gasteiger partial charge on any atom is 0.342 e. The van der Waals surface area contributed by atoms with Crippen LogP contribution in [0.3, 0.4) is 0 Å². The Kier molecular flexibility index (Phi) is 7.52. The fourth-order valence-electron chi connectivity index (χ4n) is 3.00. The Labute approximate surface area is 198 Å². The Morgan fingerprint density at radius 1 is 1.18 bits per heavy atom. The van der Waals surface area contributed by atoms with Crippen LogP contribution in [0.5, 0.6) is 5.75 Å². The van der Waals surface area contributed by atoms with Crippen molar-refractivity contribution in [1.82, 2.24) is 9.55 Å². The zero-order valence-electron chi connectivity index (χ0n) is 17.5. The fourth-order valence-corrected chi connectivity index (χ4v) is 3.49. The molecule has 0 aliphatic carbocycles. The van der Waals surface area contributed by atoms with E-state index in [0.29, 0.717) is 16.6 Å². The molecule has 0 saturated heterocycles. The number of methoxy groups -OCH3 is 1. The molecule has 0 atom stereocenters. The third kappa shape index (κ3) is 5.60. The number of aryl methyl sites for hydroxylation is 1. The number of ether oxygens (including phenoxy) is 2. The molecule has 2 aromatic carbocycles. The topological polar surface area (TPSA) is 126 Å². The summed E-state index contributed by atoms with van der Waals surface area (Å²) in [5.74, 6) is -0.611. The Balaban J connectivity index is 1.77. The average molecular weight is 493 g/mol. The maximum absolute atomic E-state index is 12.6. The highest BCUT2D eigenvalue weighted by atomic mass is 35.5. The maximum atomic E-state index is 12.6. The van der Waals surface area contributed by atoms with E-state index in [1.165, 1.54) is 48.2 Å². The number of aromatic nitrogens is 2. The molecule has 0 radical (unpaired) electrons. The second kappa shape index (κ2) is 10.3. The highest BCUT2D eigenvalue weighted by Crippen LogP contribution is 2.26. The number of imidazole rings is 1. The molecule has 172 valence electrons. The van der Waals surface area contributed by atoms with Gasteiger partial charge in [-0.3, -0.25) is 4.79 Å². The number of nitrogens with one attached hydrogen (secondary N) is 1. The van der Waals surface area contributed by atoms with Crippen molar-refractivity contribution in [3.8, 4) is 5.75 Å². The lowest BCUT2D eigenvalue weighted by atomic mass is 10.1. The Hall–Kier alpha value is -3.63. The summed E-state index contributed by atoms with van der Waals surface area (Å²) in [6, 6.07) is 8.84. The lowest BCUT2D eigenvalue weighted by molar-refractivity contribution is -0.392. The van der Waals surface area contributed by atoms with Gasteiger partial charge in [-0.15, -0.1) is 0 Å². The molecular weight excluding hydrogens is 475 g/mol. The van der Waals surface area contributed by atoms with Crippen molar-refractivity contribution in [3.05, 3.63) is 79.7 Å². The number of amides is 1. The van der Waals surface area contributed by atoms with Crippen molar-refractivity contribution >= 4 is 46.6 Å². The van der Waals surface area contributed by atoms with E-state index in [0.717, 1.165) is 0 Å². The third-order valence-electron chi connectivity index (χ3n) is 4.63. The summed E-state index contributed by atoms with van der Waals surface area (Å²) in [7, 11) is 1.21. The highest BCUT2D eigenvalue weighted by Gasteiger charge is 2.19. The first-order chi connectivity index (χ1) is 15.7. The van der Waals surface area contributed by atoms with Crippen LogP contribution in [0.2, 0.25) is 10.0 Å². The number of hydrogen-bond donors (Lipinski definition) is 1. The molecule has 33 heavy (non-hydrogen) atoms. The predicted molar refractivity (Wildman–Crippen MR) is 121 cm³/mol. The summed E-state index contributed by atoms with van der Waals surface area (Å²) in [5, 5.41) is 14.3. The summed E-state index contributed by atoms with van der Waals surface area (Å²) in [4.78, 5) is 39.4. The van der Waals surface area contributed by atoms with Gasteiger partial charge in [0.25, 0.3) is 5.91 Å². The number of benzene rings is 2. The van der Waals surface area contributed by atoms with Crippen LogP contribution in [0.4, 0.5) is 11.5 Å². The summed E-state index contributed by atoms with van der Waals surface area (Å²) >= 11 is 11.9. The monoisotopic (exact) mass is 492 g/mol. The minimum absolute atomic E-state index is 0.0539. The van der Waals surface area contributed by atoms with Crippen LogP contribution < -0.4 is 10.1 Å². The van der Waals surface area contributed by atoms with Crippen molar-refractivity contribution in [2.75, 3.05) is 19.0 Å². The van der Waals surface area contributed by atoms with Crippen molar-refractivity contribution in [3.63, 3.8) is 0 Å². The van der Waals surface area contributed by atoms with E-state index in [4.69, 9.17) is 32.7 Å². The second-order valence-electron chi connectivity index (χ2n) is 6.70. The largest absolute Gasteiger partial charge is 0.489 e. The van der Waals surface area contributed by atoms with Gasteiger partial charge in [-0.05, 0) is 41.3 Å². The summed E-state index contributed by atoms with van der Waals surface area (Å²) < 4.78 is 11.9.